The van der Waals surface area contributed by atoms with Gasteiger partial charge in [-0.2, -0.15) is 0 Å². The molecule has 0 saturated heterocycles. The molecule has 0 aromatic carbocycles. The smallest absolute Gasteiger partial charge is 0.329 e. The zero-order valence-electron chi connectivity index (χ0n) is 13.8. The van der Waals surface area contributed by atoms with Crippen molar-refractivity contribution >= 4 is 14.5 Å². The summed E-state index contributed by atoms with van der Waals surface area (Å²) in [5, 5.41) is 11.6. The first-order valence-electron chi connectivity index (χ1n) is 7.68. The fourth-order valence-corrected chi connectivity index (χ4v) is 2.26. The normalized spacial score (nSPS) is 15.3. The lowest BCUT2D eigenvalue weighted by Crippen LogP contribution is -2.32. The van der Waals surface area contributed by atoms with Crippen LogP contribution in [0.5, 0.6) is 0 Å². The second-order valence-corrected chi connectivity index (χ2v) is 6.17. The average Bonchev–Trinajstić information content (AvgIpc) is 2.53. The minimum Gasteiger partial charge on any atom is -0.396 e. The Labute approximate surface area is 134 Å². The van der Waals surface area contributed by atoms with Crippen LogP contribution in [0.15, 0.2) is 0 Å². The Morgan fingerprint density at radius 1 is 1.32 bits per heavy atom. The van der Waals surface area contributed by atoms with Crippen molar-refractivity contribution in [2.24, 2.45) is 5.92 Å². The van der Waals surface area contributed by atoms with Gasteiger partial charge in [-0.05, 0) is 19.3 Å². The SMILES string of the molecule is CCC(CNC(=O)CCCCOP(O)OCC(C)CO)OC. The van der Waals surface area contributed by atoms with Crippen LogP contribution in [-0.4, -0.2) is 55.5 Å². The number of rotatable bonds is 14. The molecule has 0 rings (SSSR count). The first-order valence-corrected chi connectivity index (χ1v) is 8.81. The number of hydrogen-bond donors (Lipinski definition) is 3. The summed E-state index contributed by atoms with van der Waals surface area (Å²) in [7, 11) is -0.266. The van der Waals surface area contributed by atoms with Crippen molar-refractivity contribution in [2.75, 3.05) is 33.5 Å². The van der Waals surface area contributed by atoms with Gasteiger partial charge in [0.25, 0.3) is 0 Å². The van der Waals surface area contributed by atoms with E-state index < -0.39 is 8.60 Å². The Bertz CT molecular complexity index is 278. The van der Waals surface area contributed by atoms with Gasteiger partial charge in [0, 0.05) is 32.6 Å². The molecule has 0 saturated carbocycles. The van der Waals surface area contributed by atoms with Crippen LogP contribution < -0.4 is 5.32 Å². The molecule has 0 heterocycles. The number of nitrogens with one attached hydrogen (secondary N) is 1. The van der Waals surface area contributed by atoms with Gasteiger partial charge in [0.15, 0.2) is 0 Å². The fourth-order valence-electron chi connectivity index (χ4n) is 1.52. The van der Waals surface area contributed by atoms with Crippen LogP contribution in [0.2, 0.25) is 0 Å². The molecule has 0 aliphatic carbocycles. The van der Waals surface area contributed by atoms with E-state index in [2.05, 4.69) is 5.32 Å². The lowest BCUT2D eigenvalue weighted by atomic mass is 10.2. The molecule has 22 heavy (non-hydrogen) atoms. The summed E-state index contributed by atoms with van der Waals surface area (Å²) in [6, 6.07) is 0. The topological polar surface area (TPSA) is 97.3 Å². The predicted molar refractivity (Wildman–Crippen MR) is 85.2 cm³/mol. The Balaban J connectivity index is 3.50. The predicted octanol–water partition coefficient (Wildman–Crippen LogP) is 1.58. The van der Waals surface area contributed by atoms with Crippen molar-refractivity contribution < 1.29 is 28.6 Å². The van der Waals surface area contributed by atoms with Crippen LogP contribution >= 0.6 is 8.60 Å². The van der Waals surface area contributed by atoms with E-state index in [1.54, 1.807) is 7.11 Å². The molecule has 7 nitrogen and oxygen atoms in total. The van der Waals surface area contributed by atoms with Crippen LogP contribution in [0, 0.1) is 5.92 Å². The Kier molecular flexibility index (Phi) is 14.1. The molecule has 132 valence electrons. The number of aliphatic hydroxyl groups is 1. The molecule has 0 bridgehead atoms. The summed E-state index contributed by atoms with van der Waals surface area (Å²) < 4.78 is 15.4. The van der Waals surface area contributed by atoms with E-state index in [0.717, 1.165) is 6.42 Å². The first kappa shape index (κ1) is 21.7. The van der Waals surface area contributed by atoms with Gasteiger partial charge in [-0.3, -0.25) is 4.79 Å². The van der Waals surface area contributed by atoms with Crippen molar-refractivity contribution in [1.29, 1.82) is 0 Å². The maximum absolute atomic E-state index is 11.6. The first-order chi connectivity index (χ1) is 10.5. The molecule has 8 heteroatoms. The average molecular weight is 339 g/mol. The molecule has 3 atom stereocenters. The monoisotopic (exact) mass is 339 g/mol. The van der Waals surface area contributed by atoms with Crippen molar-refractivity contribution in [3.8, 4) is 0 Å². The second-order valence-electron chi connectivity index (χ2n) is 5.18. The third-order valence-corrected chi connectivity index (χ3v) is 3.87. The van der Waals surface area contributed by atoms with Crippen LogP contribution in [0.1, 0.15) is 39.5 Å². The van der Waals surface area contributed by atoms with Crippen molar-refractivity contribution in [2.45, 2.75) is 45.6 Å². The van der Waals surface area contributed by atoms with Crippen LogP contribution in [0.3, 0.4) is 0 Å². The largest absolute Gasteiger partial charge is 0.396 e. The quantitative estimate of drug-likeness (QED) is 0.328. The fraction of sp³-hybridized carbons (Fsp3) is 0.929. The molecule has 0 aliphatic heterocycles. The number of ether oxygens (including phenoxy) is 1. The molecule has 1 amide bonds. The number of carbonyl (C=O) groups excluding carboxylic acids is 1. The number of amides is 1. The molecule has 0 aromatic heterocycles. The molecule has 0 spiro atoms. The van der Waals surface area contributed by atoms with Crippen LogP contribution in [0.4, 0.5) is 0 Å². The zero-order chi connectivity index (χ0) is 16.8. The lowest BCUT2D eigenvalue weighted by Gasteiger charge is -2.14. The van der Waals surface area contributed by atoms with Crippen LogP contribution in [0.25, 0.3) is 0 Å². The van der Waals surface area contributed by atoms with E-state index in [4.69, 9.17) is 18.9 Å². The number of unbranched alkanes of at least 4 members (excludes halogenated alkanes) is 1. The van der Waals surface area contributed by atoms with E-state index >= 15 is 0 Å². The van der Waals surface area contributed by atoms with E-state index in [9.17, 15) is 9.69 Å². The van der Waals surface area contributed by atoms with Crippen molar-refractivity contribution in [1.82, 2.24) is 5.32 Å². The molecular weight excluding hydrogens is 309 g/mol. The Morgan fingerprint density at radius 2 is 2.05 bits per heavy atom. The highest BCUT2D eigenvalue weighted by Gasteiger charge is 2.10. The summed E-state index contributed by atoms with van der Waals surface area (Å²) in [6.45, 7) is 4.97. The summed E-state index contributed by atoms with van der Waals surface area (Å²) in [5.41, 5.74) is 0. The summed E-state index contributed by atoms with van der Waals surface area (Å²) >= 11 is 0. The molecule has 0 aromatic rings. The molecule has 0 fully saturated rings. The minimum atomic E-state index is -1.90. The van der Waals surface area contributed by atoms with Gasteiger partial charge < -0.3 is 29.1 Å². The highest BCUT2D eigenvalue weighted by molar-refractivity contribution is 7.40. The number of hydrogen-bond acceptors (Lipinski definition) is 6. The molecule has 3 N–H and O–H groups in total. The number of aliphatic hydroxyl groups excluding tert-OH is 1. The third kappa shape index (κ3) is 12.3. The molecule has 0 radical (unpaired) electrons. The van der Waals surface area contributed by atoms with E-state index in [1.165, 1.54) is 0 Å². The summed E-state index contributed by atoms with van der Waals surface area (Å²) in [6.07, 6.45) is 2.71. The molecular formula is C14H30NO6P. The van der Waals surface area contributed by atoms with Gasteiger partial charge in [-0.15, -0.1) is 0 Å². The number of methoxy groups -OCH3 is 1. The van der Waals surface area contributed by atoms with Crippen LogP contribution in [-0.2, 0) is 18.6 Å². The van der Waals surface area contributed by atoms with E-state index in [0.29, 0.717) is 32.4 Å². The number of carbonyl (C=O) groups is 1. The maximum Gasteiger partial charge on any atom is 0.329 e. The van der Waals surface area contributed by atoms with Gasteiger partial charge in [-0.1, -0.05) is 13.8 Å². The second kappa shape index (κ2) is 14.3. The Hall–Kier alpha value is -0.300. The summed E-state index contributed by atoms with van der Waals surface area (Å²) in [5.74, 6) is -0.0294. The van der Waals surface area contributed by atoms with Gasteiger partial charge in [0.2, 0.25) is 5.91 Å². The summed E-state index contributed by atoms with van der Waals surface area (Å²) in [4.78, 5) is 21.0. The van der Waals surface area contributed by atoms with E-state index in [-0.39, 0.29) is 31.1 Å². The standard InChI is InChI=1S/C14H30NO6P/c1-4-13(19-3)9-15-14(17)7-5-6-8-20-22(18)21-11-12(2)10-16/h12-13,16,18H,4-11H2,1-3H3,(H,15,17). The highest BCUT2D eigenvalue weighted by Crippen LogP contribution is 2.33. The lowest BCUT2D eigenvalue weighted by molar-refractivity contribution is -0.121. The zero-order valence-corrected chi connectivity index (χ0v) is 14.7. The van der Waals surface area contributed by atoms with Gasteiger partial charge in [0.05, 0.1) is 19.3 Å². The van der Waals surface area contributed by atoms with E-state index in [1.807, 2.05) is 13.8 Å². The highest BCUT2D eigenvalue weighted by atomic mass is 31.2. The van der Waals surface area contributed by atoms with Crippen molar-refractivity contribution in [3.05, 3.63) is 0 Å². The maximum atomic E-state index is 11.6. The van der Waals surface area contributed by atoms with Gasteiger partial charge in [-0.25, -0.2) is 0 Å². The van der Waals surface area contributed by atoms with Gasteiger partial charge >= 0.3 is 8.60 Å². The molecule has 0 aliphatic rings. The Morgan fingerprint density at radius 3 is 2.64 bits per heavy atom. The van der Waals surface area contributed by atoms with Crippen molar-refractivity contribution in [3.63, 3.8) is 0 Å². The van der Waals surface area contributed by atoms with Gasteiger partial charge in [0.1, 0.15) is 0 Å². The molecule has 3 unspecified atom stereocenters. The minimum absolute atomic E-state index is 0.00483. The third-order valence-electron chi connectivity index (χ3n) is 3.10.